The third kappa shape index (κ3) is 3.23. The molecule has 3 rings (SSSR count). The van der Waals surface area contributed by atoms with Crippen molar-refractivity contribution in [1.82, 2.24) is 10.1 Å². The molecule has 0 unspecified atom stereocenters. The zero-order valence-corrected chi connectivity index (χ0v) is 13.8. The van der Waals surface area contributed by atoms with Gasteiger partial charge in [0.05, 0.1) is 7.11 Å². The van der Waals surface area contributed by atoms with Crippen LogP contribution in [-0.4, -0.2) is 25.7 Å². The molecule has 24 heavy (non-hydrogen) atoms. The quantitative estimate of drug-likeness (QED) is 0.656. The predicted octanol–water partition coefficient (Wildman–Crippen LogP) is 2.82. The van der Waals surface area contributed by atoms with Gasteiger partial charge in [-0.25, -0.2) is 0 Å². The van der Waals surface area contributed by atoms with Crippen LogP contribution in [0.15, 0.2) is 57.9 Å². The normalized spacial score (nSPS) is 11.2. The van der Waals surface area contributed by atoms with Crippen molar-refractivity contribution in [2.24, 2.45) is 0 Å². The molecule has 1 heterocycles. The first kappa shape index (κ1) is 16.0. The highest BCUT2D eigenvalue weighted by molar-refractivity contribution is 7.87. The summed E-state index contributed by atoms with van der Waals surface area (Å²) in [6.07, 6.45) is 0. The second-order valence-electron chi connectivity index (χ2n) is 4.85. The van der Waals surface area contributed by atoms with Gasteiger partial charge < -0.3 is 13.4 Å². The highest BCUT2D eigenvalue weighted by Gasteiger charge is 2.21. The van der Waals surface area contributed by atoms with E-state index in [0.717, 1.165) is 0 Å². The Hall–Kier alpha value is -2.87. The van der Waals surface area contributed by atoms with Gasteiger partial charge in [0.1, 0.15) is 16.4 Å². The molecule has 8 heteroatoms. The smallest absolute Gasteiger partial charge is 0.342 e. The average Bonchev–Trinajstić information content (AvgIpc) is 3.01. The zero-order chi connectivity index (χ0) is 17.2. The average molecular weight is 346 g/mol. The second-order valence-corrected chi connectivity index (χ2v) is 6.36. The van der Waals surface area contributed by atoms with Gasteiger partial charge in [0.25, 0.3) is 0 Å². The number of aryl methyl sites for hydroxylation is 1. The summed E-state index contributed by atoms with van der Waals surface area (Å²) in [7, 11) is -2.61. The lowest BCUT2D eigenvalue weighted by molar-refractivity contribution is 0.394. The van der Waals surface area contributed by atoms with Crippen LogP contribution in [-0.2, 0) is 10.1 Å². The molecule has 124 valence electrons. The first-order valence-electron chi connectivity index (χ1n) is 6.98. The Kier molecular flexibility index (Phi) is 4.22. The Bertz CT molecular complexity index is 949. The van der Waals surface area contributed by atoms with Crippen molar-refractivity contribution in [3.8, 4) is 22.9 Å². The van der Waals surface area contributed by atoms with Crippen LogP contribution in [0.4, 0.5) is 0 Å². The van der Waals surface area contributed by atoms with E-state index in [0.29, 0.717) is 17.3 Å². The summed E-state index contributed by atoms with van der Waals surface area (Å²) in [5.41, 5.74) is 0.689. The molecule has 0 N–H and O–H groups in total. The molecule has 0 saturated heterocycles. The van der Waals surface area contributed by atoms with E-state index in [2.05, 4.69) is 10.1 Å². The summed E-state index contributed by atoms with van der Waals surface area (Å²) in [5.74, 6) is 1.26. The monoisotopic (exact) mass is 346 g/mol. The minimum absolute atomic E-state index is 0.0367. The fourth-order valence-electron chi connectivity index (χ4n) is 2.07. The Labute approximate surface area is 139 Å². The Balaban J connectivity index is 1.85. The first-order chi connectivity index (χ1) is 11.5. The maximum absolute atomic E-state index is 12.4. The number of nitrogens with zero attached hydrogens (tertiary/aromatic N) is 2. The van der Waals surface area contributed by atoms with E-state index in [1.807, 2.05) is 0 Å². The third-order valence-corrected chi connectivity index (χ3v) is 4.47. The summed E-state index contributed by atoms with van der Waals surface area (Å²) < 4.78 is 39.9. The minimum atomic E-state index is -4.00. The molecule has 0 radical (unpaired) electrons. The Morgan fingerprint density at radius 3 is 2.38 bits per heavy atom. The van der Waals surface area contributed by atoms with Crippen LogP contribution in [0.1, 0.15) is 5.89 Å². The van der Waals surface area contributed by atoms with Gasteiger partial charge in [-0.1, -0.05) is 17.3 Å². The van der Waals surface area contributed by atoms with E-state index in [4.69, 9.17) is 13.4 Å². The lowest BCUT2D eigenvalue weighted by Crippen LogP contribution is -2.11. The highest BCUT2D eigenvalue weighted by Crippen LogP contribution is 2.27. The van der Waals surface area contributed by atoms with E-state index in [9.17, 15) is 8.42 Å². The number of methoxy groups -OCH3 is 1. The second kappa shape index (κ2) is 6.32. The molecule has 0 spiro atoms. The zero-order valence-electron chi connectivity index (χ0n) is 13.0. The van der Waals surface area contributed by atoms with Crippen molar-refractivity contribution < 1.29 is 21.9 Å². The summed E-state index contributed by atoms with van der Waals surface area (Å²) in [4.78, 5) is 4.07. The van der Waals surface area contributed by atoms with Gasteiger partial charge in [-0.05, 0) is 36.4 Å². The van der Waals surface area contributed by atoms with Gasteiger partial charge in [-0.15, -0.1) is 0 Å². The van der Waals surface area contributed by atoms with Crippen LogP contribution in [0, 0.1) is 6.92 Å². The lowest BCUT2D eigenvalue weighted by atomic mass is 10.2. The van der Waals surface area contributed by atoms with Gasteiger partial charge in [0.2, 0.25) is 11.7 Å². The van der Waals surface area contributed by atoms with Gasteiger partial charge in [0, 0.05) is 12.5 Å². The molecule has 2 aromatic carbocycles. The molecule has 0 amide bonds. The van der Waals surface area contributed by atoms with Crippen LogP contribution in [0.25, 0.3) is 11.4 Å². The van der Waals surface area contributed by atoms with Crippen LogP contribution >= 0.6 is 0 Å². The fourth-order valence-corrected chi connectivity index (χ4v) is 3.17. The van der Waals surface area contributed by atoms with Gasteiger partial charge >= 0.3 is 10.1 Å². The lowest BCUT2D eigenvalue weighted by Gasteiger charge is -2.10. The number of aromatic nitrogens is 2. The van der Waals surface area contributed by atoms with Crippen molar-refractivity contribution in [1.29, 1.82) is 0 Å². The van der Waals surface area contributed by atoms with Gasteiger partial charge in [-0.3, -0.25) is 0 Å². The van der Waals surface area contributed by atoms with Crippen molar-refractivity contribution in [3.05, 3.63) is 54.4 Å². The number of rotatable bonds is 5. The molecule has 0 saturated carbocycles. The number of hydrogen-bond donors (Lipinski definition) is 0. The van der Waals surface area contributed by atoms with Crippen LogP contribution in [0.3, 0.4) is 0 Å². The minimum Gasteiger partial charge on any atom is -0.495 e. The van der Waals surface area contributed by atoms with E-state index >= 15 is 0 Å². The van der Waals surface area contributed by atoms with E-state index in [1.54, 1.807) is 37.3 Å². The molecule has 7 nitrogen and oxygen atoms in total. The summed E-state index contributed by atoms with van der Waals surface area (Å²) >= 11 is 0. The van der Waals surface area contributed by atoms with E-state index in [1.165, 1.54) is 25.3 Å². The molecule has 0 bridgehead atoms. The molecule has 0 atom stereocenters. The van der Waals surface area contributed by atoms with Crippen LogP contribution in [0.5, 0.6) is 11.5 Å². The van der Waals surface area contributed by atoms with Gasteiger partial charge in [-0.2, -0.15) is 13.4 Å². The van der Waals surface area contributed by atoms with Crippen molar-refractivity contribution in [2.45, 2.75) is 11.8 Å². The Morgan fingerprint density at radius 2 is 1.75 bits per heavy atom. The SMILES string of the molecule is COc1ccccc1S(=O)(=O)Oc1ccc(-c2noc(C)n2)cc1. The van der Waals surface area contributed by atoms with E-state index < -0.39 is 10.1 Å². The highest BCUT2D eigenvalue weighted by atomic mass is 32.2. The number of hydrogen-bond acceptors (Lipinski definition) is 7. The molecular weight excluding hydrogens is 332 g/mol. The fraction of sp³-hybridized carbons (Fsp3) is 0.125. The number of ether oxygens (including phenoxy) is 1. The largest absolute Gasteiger partial charge is 0.495 e. The number of para-hydroxylation sites is 1. The Morgan fingerprint density at radius 1 is 1.04 bits per heavy atom. The molecule has 0 aliphatic carbocycles. The number of benzene rings is 2. The predicted molar refractivity (Wildman–Crippen MR) is 85.3 cm³/mol. The van der Waals surface area contributed by atoms with Crippen LogP contribution < -0.4 is 8.92 Å². The van der Waals surface area contributed by atoms with E-state index in [-0.39, 0.29) is 16.4 Å². The van der Waals surface area contributed by atoms with Gasteiger partial charge in [0.15, 0.2) is 0 Å². The standard InChI is InChI=1S/C16H14N2O5S/c1-11-17-16(18-22-11)12-7-9-13(10-8-12)23-24(19,20)15-6-4-3-5-14(15)21-2/h3-10H,1-2H3. The maximum atomic E-state index is 12.4. The topological polar surface area (TPSA) is 91.5 Å². The van der Waals surface area contributed by atoms with Crippen LogP contribution in [0.2, 0.25) is 0 Å². The molecule has 0 fully saturated rings. The maximum Gasteiger partial charge on any atom is 0.342 e. The molecule has 0 aliphatic heterocycles. The molecule has 1 aromatic heterocycles. The molecule has 3 aromatic rings. The molecular formula is C16H14N2O5S. The van der Waals surface area contributed by atoms with Crippen molar-refractivity contribution >= 4 is 10.1 Å². The third-order valence-electron chi connectivity index (χ3n) is 3.18. The van der Waals surface area contributed by atoms with Crippen molar-refractivity contribution in [2.75, 3.05) is 7.11 Å². The summed E-state index contributed by atoms with van der Waals surface area (Å²) in [5, 5.41) is 3.80. The summed E-state index contributed by atoms with van der Waals surface area (Å²) in [6, 6.07) is 12.6. The molecule has 0 aliphatic rings. The summed E-state index contributed by atoms with van der Waals surface area (Å²) in [6.45, 7) is 1.69. The van der Waals surface area contributed by atoms with Crippen molar-refractivity contribution in [3.63, 3.8) is 0 Å². The first-order valence-corrected chi connectivity index (χ1v) is 8.39.